The van der Waals surface area contributed by atoms with E-state index in [1.54, 1.807) is 49.5 Å². The van der Waals surface area contributed by atoms with Crippen LogP contribution in [0, 0.1) is 0 Å². The molecule has 0 saturated carbocycles. The zero-order valence-corrected chi connectivity index (χ0v) is 21.1. The van der Waals surface area contributed by atoms with Crippen LogP contribution in [-0.2, 0) is 17.1 Å². The largest absolute Gasteiger partial charge is 0.497 e. The molecular weight excluding hydrogens is 502 g/mol. The van der Waals surface area contributed by atoms with Gasteiger partial charge in [0.05, 0.1) is 40.4 Å². The Hall–Kier alpha value is -4.16. The molecule has 0 aliphatic rings. The van der Waals surface area contributed by atoms with Crippen molar-refractivity contribution >= 4 is 59.9 Å². The number of hydrogen-bond acceptors (Lipinski definition) is 9. The summed E-state index contributed by atoms with van der Waals surface area (Å²) in [6, 6.07) is 16.8. The lowest BCUT2D eigenvalue weighted by Gasteiger charge is -2.15. The van der Waals surface area contributed by atoms with E-state index in [1.807, 2.05) is 6.07 Å². The summed E-state index contributed by atoms with van der Waals surface area (Å²) in [5.41, 5.74) is 2.31. The van der Waals surface area contributed by atoms with Crippen LogP contribution in [0.3, 0.4) is 0 Å². The predicted molar refractivity (Wildman–Crippen MR) is 140 cm³/mol. The predicted octanol–water partition coefficient (Wildman–Crippen LogP) is 4.10. The number of aromatic nitrogens is 3. The van der Waals surface area contributed by atoms with E-state index < -0.39 is 10.0 Å². The van der Waals surface area contributed by atoms with Crippen molar-refractivity contribution in [3.8, 4) is 11.5 Å². The first-order chi connectivity index (χ1) is 17.3. The number of hydrogen-bond donors (Lipinski definition) is 2. The molecule has 2 heterocycles. The van der Waals surface area contributed by atoms with Crippen molar-refractivity contribution in [2.75, 3.05) is 24.3 Å². The molecule has 0 fully saturated rings. The van der Waals surface area contributed by atoms with Crippen LogP contribution in [0.1, 0.15) is 0 Å². The number of rotatable bonds is 7. The van der Waals surface area contributed by atoms with Crippen LogP contribution in [-0.4, -0.2) is 37.2 Å². The molecule has 0 spiro atoms. The number of para-hydroxylation sites is 2. The Labute approximate surface area is 210 Å². The van der Waals surface area contributed by atoms with Crippen LogP contribution in [0.15, 0.2) is 70.4 Å². The van der Waals surface area contributed by atoms with E-state index in [2.05, 4.69) is 20.0 Å². The zero-order valence-electron chi connectivity index (χ0n) is 19.5. The maximum absolute atomic E-state index is 13.4. The van der Waals surface area contributed by atoms with Gasteiger partial charge in [0.15, 0.2) is 11.6 Å². The minimum absolute atomic E-state index is 0.000748. The first-order valence-electron chi connectivity index (χ1n) is 10.7. The number of benzene rings is 3. The van der Waals surface area contributed by atoms with Crippen LogP contribution < -0.4 is 24.4 Å². The van der Waals surface area contributed by atoms with Crippen molar-refractivity contribution in [2.24, 2.45) is 7.05 Å². The fourth-order valence-electron chi connectivity index (χ4n) is 3.64. The highest BCUT2D eigenvalue weighted by atomic mass is 32.2. The number of nitrogens with one attached hydrogen (secondary N) is 2. The quantitative estimate of drug-likeness (QED) is 0.327. The van der Waals surface area contributed by atoms with Crippen LogP contribution >= 0.6 is 11.3 Å². The Morgan fingerprint density at radius 2 is 1.53 bits per heavy atom. The van der Waals surface area contributed by atoms with Gasteiger partial charge in [-0.25, -0.2) is 18.4 Å². The first-order valence-corrected chi connectivity index (χ1v) is 13.0. The number of thiazole rings is 1. The van der Waals surface area contributed by atoms with Gasteiger partial charge in [0, 0.05) is 30.9 Å². The Balaban J connectivity index is 1.58. The SMILES string of the molecule is COc1cc(Nc2nc3ccccc3nc2NS(=O)(=O)c2ccc3c(c2)sc(=O)n3C)cc(OC)c1. The number of nitrogens with zero attached hydrogens (tertiary/aromatic N) is 3. The van der Waals surface area contributed by atoms with E-state index in [-0.39, 0.29) is 21.4 Å². The first kappa shape index (κ1) is 23.6. The van der Waals surface area contributed by atoms with Crippen molar-refractivity contribution < 1.29 is 17.9 Å². The minimum Gasteiger partial charge on any atom is -0.497 e. The Morgan fingerprint density at radius 1 is 0.889 bits per heavy atom. The molecule has 0 saturated heterocycles. The topological polar surface area (TPSA) is 124 Å². The van der Waals surface area contributed by atoms with Crippen molar-refractivity contribution in [3.63, 3.8) is 0 Å². The van der Waals surface area contributed by atoms with Crippen molar-refractivity contribution in [2.45, 2.75) is 4.90 Å². The molecule has 0 radical (unpaired) electrons. The van der Waals surface area contributed by atoms with Gasteiger partial charge >= 0.3 is 4.87 Å². The normalized spacial score (nSPS) is 11.5. The van der Waals surface area contributed by atoms with E-state index in [0.29, 0.717) is 38.4 Å². The van der Waals surface area contributed by atoms with E-state index in [0.717, 1.165) is 11.3 Å². The molecular formula is C24H21N5O5S2. The molecule has 36 heavy (non-hydrogen) atoms. The second-order valence-corrected chi connectivity index (χ2v) is 10.5. The van der Waals surface area contributed by atoms with Gasteiger partial charge in [-0.05, 0) is 30.3 Å². The fourth-order valence-corrected chi connectivity index (χ4v) is 5.67. The molecule has 0 atom stereocenters. The molecule has 3 aromatic carbocycles. The van der Waals surface area contributed by atoms with Crippen molar-refractivity contribution in [3.05, 3.63) is 70.3 Å². The Kier molecular flexibility index (Phi) is 5.98. The smallest absolute Gasteiger partial charge is 0.307 e. The fraction of sp³-hybridized carbons (Fsp3) is 0.125. The number of aryl methyl sites for hydroxylation is 1. The third-order valence-electron chi connectivity index (χ3n) is 5.49. The molecule has 0 bridgehead atoms. The molecule has 0 aliphatic carbocycles. The summed E-state index contributed by atoms with van der Waals surface area (Å²) in [5, 5.41) is 3.13. The molecule has 5 aromatic rings. The van der Waals surface area contributed by atoms with Crippen LogP contribution in [0.2, 0.25) is 0 Å². The van der Waals surface area contributed by atoms with E-state index in [9.17, 15) is 13.2 Å². The summed E-state index contributed by atoms with van der Waals surface area (Å²) in [5.74, 6) is 1.29. The highest BCUT2D eigenvalue weighted by molar-refractivity contribution is 7.92. The van der Waals surface area contributed by atoms with Crippen LogP contribution in [0.4, 0.5) is 17.3 Å². The van der Waals surface area contributed by atoms with Gasteiger partial charge in [-0.2, -0.15) is 0 Å². The molecule has 5 rings (SSSR count). The van der Waals surface area contributed by atoms with Gasteiger partial charge in [0.25, 0.3) is 10.0 Å². The summed E-state index contributed by atoms with van der Waals surface area (Å²) in [7, 11) is 0.650. The summed E-state index contributed by atoms with van der Waals surface area (Å²) in [4.78, 5) is 20.9. The summed E-state index contributed by atoms with van der Waals surface area (Å²) in [6.07, 6.45) is 0. The van der Waals surface area contributed by atoms with Gasteiger partial charge in [-0.1, -0.05) is 23.5 Å². The third kappa shape index (κ3) is 4.43. The molecule has 12 heteroatoms. The molecule has 0 amide bonds. The minimum atomic E-state index is -4.06. The van der Waals surface area contributed by atoms with Crippen molar-refractivity contribution in [1.82, 2.24) is 14.5 Å². The lowest BCUT2D eigenvalue weighted by atomic mass is 10.2. The molecule has 184 valence electrons. The van der Waals surface area contributed by atoms with E-state index in [4.69, 9.17) is 9.47 Å². The second-order valence-electron chi connectivity index (χ2n) is 7.80. The average Bonchev–Trinajstić information content (AvgIpc) is 3.16. The van der Waals surface area contributed by atoms with Gasteiger partial charge in [0.1, 0.15) is 11.5 Å². The average molecular weight is 524 g/mol. The number of methoxy groups -OCH3 is 2. The van der Waals surface area contributed by atoms with Gasteiger partial charge in [0.2, 0.25) is 0 Å². The van der Waals surface area contributed by atoms with E-state index in [1.165, 1.54) is 30.9 Å². The summed E-state index contributed by atoms with van der Waals surface area (Å²) >= 11 is 0.980. The molecule has 2 N–H and O–H groups in total. The maximum Gasteiger partial charge on any atom is 0.307 e. The van der Waals surface area contributed by atoms with Gasteiger partial charge in [-0.3, -0.25) is 9.52 Å². The highest BCUT2D eigenvalue weighted by Gasteiger charge is 2.21. The zero-order chi connectivity index (χ0) is 25.4. The van der Waals surface area contributed by atoms with E-state index >= 15 is 0 Å². The van der Waals surface area contributed by atoms with Crippen LogP contribution in [0.25, 0.3) is 21.3 Å². The Morgan fingerprint density at radius 3 is 2.17 bits per heavy atom. The van der Waals surface area contributed by atoms with Gasteiger partial charge < -0.3 is 19.4 Å². The van der Waals surface area contributed by atoms with Crippen LogP contribution in [0.5, 0.6) is 11.5 Å². The van der Waals surface area contributed by atoms with Gasteiger partial charge in [-0.15, -0.1) is 0 Å². The molecule has 2 aromatic heterocycles. The summed E-state index contributed by atoms with van der Waals surface area (Å²) in [6.45, 7) is 0. The lowest BCUT2D eigenvalue weighted by molar-refractivity contribution is 0.395. The number of sulfonamides is 1. The number of fused-ring (bicyclic) bond motifs is 2. The highest BCUT2D eigenvalue weighted by Crippen LogP contribution is 2.32. The molecule has 0 unspecified atom stereocenters. The monoisotopic (exact) mass is 523 g/mol. The number of ether oxygens (including phenoxy) is 2. The Bertz CT molecular complexity index is 1760. The summed E-state index contributed by atoms with van der Waals surface area (Å²) < 4.78 is 42.0. The molecule has 0 aliphatic heterocycles. The second kappa shape index (κ2) is 9.13. The lowest BCUT2D eigenvalue weighted by Crippen LogP contribution is -2.16. The standard InChI is InChI=1S/C24H21N5O5S2/c1-29-20-9-8-17(13-21(20)35-24(29)30)36(31,32)28-23-22(26-18-6-4-5-7-19(18)27-23)25-14-10-15(33-2)12-16(11-14)34-3/h4-13H,1-3H3,(H,25,26)(H,27,28). The third-order valence-corrected chi connectivity index (χ3v) is 7.82. The number of anilines is 3. The maximum atomic E-state index is 13.4. The molecule has 10 nitrogen and oxygen atoms in total. The van der Waals surface area contributed by atoms with Crippen molar-refractivity contribution in [1.29, 1.82) is 0 Å².